The van der Waals surface area contributed by atoms with Crippen molar-refractivity contribution in [2.24, 2.45) is 0 Å². The molecule has 3 aromatic heterocycles. The summed E-state index contributed by atoms with van der Waals surface area (Å²) in [5, 5.41) is 4.76. The maximum atomic E-state index is 12.0. The predicted molar refractivity (Wildman–Crippen MR) is 78.5 cm³/mol. The van der Waals surface area contributed by atoms with Crippen molar-refractivity contribution in [1.82, 2.24) is 25.3 Å². The summed E-state index contributed by atoms with van der Waals surface area (Å²) in [4.78, 5) is 29.4. The van der Waals surface area contributed by atoms with Crippen LogP contribution >= 0.6 is 11.3 Å². The van der Waals surface area contributed by atoms with E-state index < -0.39 is 0 Å². The molecule has 7 heteroatoms. The molecule has 104 valence electrons. The summed E-state index contributed by atoms with van der Waals surface area (Å²) in [7, 11) is 0. The SMILES string of the molecule is O=C(NCc1nccnc1-c1cccs1)c1cnccn1. The van der Waals surface area contributed by atoms with Crippen molar-refractivity contribution in [2.75, 3.05) is 0 Å². The topological polar surface area (TPSA) is 80.7 Å². The summed E-state index contributed by atoms with van der Waals surface area (Å²) in [6.45, 7) is 0.288. The van der Waals surface area contributed by atoms with Crippen molar-refractivity contribution in [3.05, 3.63) is 59.9 Å². The Bertz CT molecular complexity index is 730. The predicted octanol–water partition coefficient (Wildman–Crippen LogP) is 1.93. The molecule has 1 N–H and O–H groups in total. The van der Waals surface area contributed by atoms with Gasteiger partial charge in [0.1, 0.15) is 11.4 Å². The lowest BCUT2D eigenvalue weighted by molar-refractivity contribution is 0.0945. The number of nitrogens with zero attached hydrogens (tertiary/aromatic N) is 4. The zero-order valence-corrected chi connectivity index (χ0v) is 11.7. The monoisotopic (exact) mass is 297 g/mol. The van der Waals surface area contributed by atoms with Crippen LogP contribution in [-0.4, -0.2) is 25.8 Å². The van der Waals surface area contributed by atoms with Crippen LogP contribution in [0.15, 0.2) is 48.5 Å². The third kappa shape index (κ3) is 3.09. The summed E-state index contributed by atoms with van der Waals surface area (Å²) < 4.78 is 0. The van der Waals surface area contributed by atoms with Crippen molar-refractivity contribution < 1.29 is 4.79 Å². The molecule has 0 spiro atoms. The van der Waals surface area contributed by atoms with E-state index in [0.717, 1.165) is 16.3 Å². The molecule has 0 fully saturated rings. The second-order valence-corrected chi connectivity index (χ2v) is 5.05. The molecule has 3 aromatic rings. The van der Waals surface area contributed by atoms with Gasteiger partial charge >= 0.3 is 0 Å². The number of amides is 1. The minimum Gasteiger partial charge on any atom is -0.345 e. The first-order valence-electron chi connectivity index (χ1n) is 6.22. The number of nitrogens with one attached hydrogen (secondary N) is 1. The number of thiophene rings is 1. The third-order valence-electron chi connectivity index (χ3n) is 2.74. The largest absolute Gasteiger partial charge is 0.345 e. The summed E-state index contributed by atoms with van der Waals surface area (Å²) in [6.07, 6.45) is 7.68. The highest BCUT2D eigenvalue weighted by atomic mass is 32.1. The first-order chi connectivity index (χ1) is 10.3. The average molecular weight is 297 g/mol. The van der Waals surface area contributed by atoms with Crippen LogP contribution in [0.3, 0.4) is 0 Å². The Kier molecular flexibility index (Phi) is 3.92. The fraction of sp³-hybridized carbons (Fsp3) is 0.0714. The smallest absolute Gasteiger partial charge is 0.271 e. The van der Waals surface area contributed by atoms with Crippen LogP contribution in [0.25, 0.3) is 10.6 Å². The van der Waals surface area contributed by atoms with Crippen molar-refractivity contribution in [2.45, 2.75) is 6.54 Å². The Labute approximate surface area is 125 Å². The van der Waals surface area contributed by atoms with Gasteiger partial charge in [-0.3, -0.25) is 19.7 Å². The normalized spacial score (nSPS) is 10.3. The number of carbonyl (C=O) groups is 1. The molecule has 0 atom stereocenters. The Morgan fingerprint density at radius 1 is 1.14 bits per heavy atom. The van der Waals surface area contributed by atoms with Gasteiger partial charge in [0.25, 0.3) is 5.91 Å². The van der Waals surface area contributed by atoms with E-state index in [9.17, 15) is 4.79 Å². The fourth-order valence-corrected chi connectivity index (χ4v) is 2.53. The molecule has 0 bridgehead atoms. The van der Waals surface area contributed by atoms with Gasteiger partial charge in [-0.15, -0.1) is 11.3 Å². The quantitative estimate of drug-likeness (QED) is 0.795. The van der Waals surface area contributed by atoms with E-state index >= 15 is 0 Å². The van der Waals surface area contributed by atoms with Gasteiger partial charge in [0.15, 0.2) is 0 Å². The summed E-state index contributed by atoms with van der Waals surface area (Å²) in [5.74, 6) is -0.286. The number of rotatable bonds is 4. The molecule has 0 saturated heterocycles. The van der Waals surface area contributed by atoms with E-state index in [2.05, 4.69) is 25.3 Å². The molecule has 6 nitrogen and oxygen atoms in total. The number of hydrogen-bond donors (Lipinski definition) is 1. The highest BCUT2D eigenvalue weighted by molar-refractivity contribution is 7.13. The molecule has 0 radical (unpaired) electrons. The van der Waals surface area contributed by atoms with Gasteiger partial charge in [-0.05, 0) is 11.4 Å². The second kappa shape index (κ2) is 6.19. The van der Waals surface area contributed by atoms with E-state index in [1.54, 1.807) is 23.7 Å². The lowest BCUT2D eigenvalue weighted by Crippen LogP contribution is -2.24. The zero-order valence-electron chi connectivity index (χ0n) is 10.9. The number of aromatic nitrogens is 4. The van der Waals surface area contributed by atoms with E-state index in [1.165, 1.54) is 18.6 Å². The second-order valence-electron chi connectivity index (χ2n) is 4.10. The molecular weight excluding hydrogens is 286 g/mol. The minimum absolute atomic E-state index is 0.277. The van der Waals surface area contributed by atoms with E-state index in [-0.39, 0.29) is 18.1 Å². The van der Waals surface area contributed by atoms with Crippen LogP contribution in [-0.2, 0) is 6.54 Å². The molecule has 0 saturated carbocycles. The van der Waals surface area contributed by atoms with E-state index in [4.69, 9.17) is 0 Å². The molecule has 3 heterocycles. The van der Waals surface area contributed by atoms with Crippen molar-refractivity contribution in [3.8, 4) is 10.6 Å². The van der Waals surface area contributed by atoms with Gasteiger partial charge in [-0.1, -0.05) is 6.07 Å². The van der Waals surface area contributed by atoms with Crippen LogP contribution in [0.1, 0.15) is 16.2 Å². The van der Waals surface area contributed by atoms with Gasteiger partial charge in [-0.2, -0.15) is 0 Å². The van der Waals surface area contributed by atoms with E-state index in [1.807, 2.05) is 17.5 Å². The average Bonchev–Trinajstić information content (AvgIpc) is 3.08. The van der Waals surface area contributed by atoms with Crippen molar-refractivity contribution in [1.29, 1.82) is 0 Å². The molecule has 3 rings (SSSR count). The zero-order chi connectivity index (χ0) is 14.5. The first-order valence-corrected chi connectivity index (χ1v) is 7.10. The molecule has 0 aliphatic carbocycles. The van der Waals surface area contributed by atoms with Gasteiger partial charge in [0.05, 0.1) is 23.3 Å². The Hall–Kier alpha value is -2.67. The molecule has 0 unspecified atom stereocenters. The highest BCUT2D eigenvalue weighted by Gasteiger charge is 2.11. The molecule has 1 amide bonds. The molecule has 21 heavy (non-hydrogen) atoms. The van der Waals surface area contributed by atoms with Gasteiger partial charge in [0, 0.05) is 24.8 Å². The number of carbonyl (C=O) groups excluding carboxylic acids is 1. The van der Waals surface area contributed by atoms with E-state index in [0.29, 0.717) is 0 Å². The maximum Gasteiger partial charge on any atom is 0.271 e. The van der Waals surface area contributed by atoms with Crippen LogP contribution in [0.5, 0.6) is 0 Å². The third-order valence-corrected chi connectivity index (χ3v) is 3.62. The molecular formula is C14H11N5OS. The van der Waals surface area contributed by atoms with Crippen molar-refractivity contribution in [3.63, 3.8) is 0 Å². The summed E-state index contributed by atoms with van der Waals surface area (Å²) >= 11 is 1.58. The molecule has 0 aromatic carbocycles. The fourth-order valence-electron chi connectivity index (χ4n) is 1.79. The Balaban J connectivity index is 1.76. The maximum absolute atomic E-state index is 12.0. The lowest BCUT2D eigenvalue weighted by Gasteiger charge is -2.07. The van der Waals surface area contributed by atoms with Crippen LogP contribution in [0, 0.1) is 0 Å². The lowest BCUT2D eigenvalue weighted by atomic mass is 10.2. The van der Waals surface area contributed by atoms with Crippen LogP contribution in [0.4, 0.5) is 0 Å². The minimum atomic E-state index is -0.286. The van der Waals surface area contributed by atoms with Crippen LogP contribution < -0.4 is 5.32 Å². The molecule has 0 aliphatic heterocycles. The first kappa shape index (κ1) is 13.3. The Morgan fingerprint density at radius 2 is 2.00 bits per heavy atom. The van der Waals surface area contributed by atoms with Gasteiger partial charge in [0.2, 0.25) is 0 Å². The summed E-state index contributed by atoms with van der Waals surface area (Å²) in [5.41, 5.74) is 1.78. The molecule has 0 aliphatic rings. The highest BCUT2D eigenvalue weighted by Crippen LogP contribution is 2.24. The van der Waals surface area contributed by atoms with Crippen molar-refractivity contribution >= 4 is 17.2 Å². The van der Waals surface area contributed by atoms with Gasteiger partial charge < -0.3 is 5.32 Å². The van der Waals surface area contributed by atoms with Gasteiger partial charge in [-0.25, -0.2) is 4.98 Å². The summed E-state index contributed by atoms with van der Waals surface area (Å²) in [6, 6.07) is 3.93. The number of hydrogen-bond acceptors (Lipinski definition) is 6. The Morgan fingerprint density at radius 3 is 2.76 bits per heavy atom. The standard InChI is InChI=1S/C14H11N5OS/c20-14(11-8-15-3-4-17-11)19-9-10-13(18-6-5-16-10)12-2-1-7-21-12/h1-8H,9H2,(H,19,20). The van der Waals surface area contributed by atoms with Crippen LogP contribution in [0.2, 0.25) is 0 Å².